The van der Waals surface area contributed by atoms with Crippen LogP contribution in [-0.2, 0) is 28.6 Å². The van der Waals surface area contributed by atoms with Gasteiger partial charge in [-0.25, -0.2) is 0 Å². The molecule has 0 amide bonds. The lowest BCUT2D eigenvalue weighted by Gasteiger charge is -2.18. The molecule has 0 heterocycles. The first kappa shape index (κ1) is 73.1. The van der Waals surface area contributed by atoms with E-state index in [0.29, 0.717) is 19.3 Å². The molecule has 0 saturated carbocycles. The van der Waals surface area contributed by atoms with Gasteiger partial charge in [0.1, 0.15) is 13.2 Å². The molecule has 440 valence electrons. The Balaban J connectivity index is 4.42. The van der Waals surface area contributed by atoms with Crippen molar-refractivity contribution in [3.63, 3.8) is 0 Å². The first-order chi connectivity index (χ1) is 38.0. The predicted molar refractivity (Wildman–Crippen MR) is 334 cm³/mol. The molecule has 0 rings (SSSR count). The summed E-state index contributed by atoms with van der Waals surface area (Å²) in [5.41, 5.74) is 0. The second-order valence-corrected chi connectivity index (χ2v) is 21.3. The highest BCUT2D eigenvalue weighted by molar-refractivity contribution is 5.71. The maximum Gasteiger partial charge on any atom is 0.306 e. The fourth-order valence-corrected chi connectivity index (χ4v) is 8.88. The predicted octanol–water partition coefficient (Wildman–Crippen LogP) is 22.2. The normalized spacial score (nSPS) is 12.8. The largest absolute Gasteiger partial charge is 0.462 e. The van der Waals surface area contributed by atoms with E-state index in [9.17, 15) is 14.4 Å². The van der Waals surface area contributed by atoms with Crippen LogP contribution in [0.1, 0.15) is 303 Å². The third kappa shape index (κ3) is 62.8. The number of unbranched alkanes of at least 4 members (excludes halogenated alkanes) is 29. The molecule has 0 spiro atoms. The van der Waals surface area contributed by atoms with Crippen LogP contribution < -0.4 is 0 Å². The quantitative estimate of drug-likeness (QED) is 0.0261. The molecule has 1 atom stereocenters. The average Bonchev–Trinajstić information content (AvgIpc) is 3.43. The molecule has 6 heteroatoms. The first-order valence-electron chi connectivity index (χ1n) is 32.4. The van der Waals surface area contributed by atoms with Crippen molar-refractivity contribution in [1.29, 1.82) is 0 Å². The van der Waals surface area contributed by atoms with Gasteiger partial charge in [-0.3, -0.25) is 14.4 Å². The second-order valence-electron chi connectivity index (χ2n) is 21.3. The van der Waals surface area contributed by atoms with Gasteiger partial charge in [0.25, 0.3) is 0 Å². The lowest BCUT2D eigenvalue weighted by Crippen LogP contribution is -2.30. The second kappa shape index (κ2) is 64.6. The molecule has 0 fully saturated rings. The van der Waals surface area contributed by atoms with Crippen molar-refractivity contribution >= 4 is 17.9 Å². The van der Waals surface area contributed by atoms with Crippen LogP contribution in [0, 0.1) is 0 Å². The number of hydrogen-bond acceptors (Lipinski definition) is 6. The van der Waals surface area contributed by atoms with Gasteiger partial charge < -0.3 is 14.2 Å². The van der Waals surface area contributed by atoms with Crippen LogP contribution in [0.15, 0.2) is 109 Å². The lowest BCUT2D eigenvalue weighted by atomic mass is 10.1. The highest BCUT2D eigenvalue weighted by atomic mass is 16.6. The number of esters is 3. The highest BCUT2D eigenvalue weighted by Gasteiger charge is 2.19. The summed E-state index contributed by atoms with van der Waals surface area (Å²) in [6.45, 7) is 6.50. The molecule has 0 aromatic rings. The summed E-state index contributed by atoms with van der Waals surface area (Å²) in [5, 5.41) is 0. The van der Waals surface area contributed by atoms with E-state index in [1.165, 1.54) is 135 Å². The fraction of sp³-hybridized carbons (Fsp3) is 0.704. The molecular weight excluding hydrogens is 949 g/mol. The van der Waals surface area contributed by atoms with Gasteiger partial charge in [0.05, 0.1) is 0 Å². The van der Waals surface area contributed by atoms with E-state index in [1.807, 2.05) is 0 Å². The lowest BCUT2D eigenvalue weighted by molar-refractivity contribution is -0.167. The van der Waals surface area contributed by atoms with Gasteiger partial charge >= 0.3 is 17.9 Å². The van der Waals surface area contributed by atoms with Gasteiger partial charge in [-0.05, 0) is 128 Å². The van der Waals surface area contributed by atoms with E-state index in [-0.39, 0.29) is 31.1 Å². The molecule has 0 aliphatic carbocycles. The molecule has 1 unspecified atom stereocenters. The van der Waals surface area contributed by atoms with Crippen LogP contribution in [0.2, 0.25) is 0 Å². The van der Waals surface area contributed by atoms with Gasteiger partial charge in [0.15, 0.2) is 6.10 Å². The zero-order chi connectivity index (χ0) is 55.7. The number of carbonyl (C=O) groups excluding carboxylic acids is 3. The molecule has 0 aromatic carbocycles. The minimum absolute atomic E-state index is 0.0906. The molecule has 0 bridgehead atoms. The van der Waals surface area contributed by atoms with Gasteiger partial charge in [-0.1, -0.05) is 265 Å². The maximum absolute atomic E-state index is 12.9. The third-order valence-corrected chi connectivity index (χ3v) is 13.7. The Morgan fingerprint density at radius 3 is 0.818 bits per heavy atom. The highest BCUT2D eigenvalue weighted by Crippen LogP contribution is 2.15. The summed E-state index contributed by atoms with van der Waals surface area (Å²) in [6.07, 6.45) is 88.0. The molecule has 0 saturated heterocycles. The summed E-state index contributed by atoms with van der Waals surface area (Å²) in [6, 6.07) is 0. The Bertz CT molecular complexity index is 1560. The van der Waals surface area contributed by atoms with E-state index in [1.54, 1.807) is 0 Å². The van der Waals surface area contributed by atoms with Crippen LogP contribution in [0.3, 0.4) is 0 Å². The number of allylic oxidation sites excluding steroid dienone is 18. The summed E-state index contributed by atoms with van der Waals surface area (Å²) >= 11 is 0. The zero-order valence-corrected chi connectivity index (χ0v) is 50.4. The molecule has 0 N–H and O–H groups in total. The van der Waals surface area contributed by atoms with Crippen LogP contribution >= 0.6 is 0 Å². The third-order valence-electron chi connectivity index (χ3n) is 13.7. The molecule has 0 aromatic heterocycles. The van der Waals surface area contributed by atoms with Gasteiger partial charge in [-0.15, -0.1) is 0 Å². The van der Waals surface area contributed by atoms with Crippen molar-refractivity contribution in [1.82, 2.24) is 0 Å². The van der Waals surface area contributed by atoms with Gasteiger partial charge in [0, 0.05) is 19.3 Å². The van der Waals surface area contributed by atoms with E-state index < -0.39 is 6.10 Å². The van der Waals surface area contributed by atoms with Gasteiger partial charge in [0.2, 0.25) is 0 Å². The Morgan fingerprint density at radius 2 is 0.506 bits per heavy atom. The Hall–Kier alpha value is -3.93. The molecule has 6 nitrogen and oxygen atoms in total. The van der Waals surface area contributed by atoms with Crippen molar-refractivity contribution in [3.05, 3.63) is 109 Å². The van der Waals surface area contributed by atoms with Crippen molar-refractivity contribution in [3.8, 4) is 0 Å². The summed E-state index contributed by atoms with van der Waals surface area (Å²) in [5.74, 6) is -0.913. The molecule has 0 aliphatic heterocycles. The SMILES string of the molecule is CC/C=C\C/C=C\C/C=C\C/C=C\C/C=C\C/C=C\CCCCCCCCC(=O)OCC(COC(=O)CCCCCCC/C=C\CCCCCCCCC)OC(=O)CCCCCCCCC/C=C\C/C=C\CCCCCC. The van der Waals surface area contributed by atoms with Crippen LogP contribution in [0.4, 0.5) is 0 Å². The minimum atomic E-state index is -0.795. The monoisotopic (exact) mass is 1070 g/mol. The van der Waals surface area contributed by atoms with E-state index >= 15 is 0 Å². The van der Waals surface area contributed by atoms with Crippen molar-refractivity contribution in [2.75, 3.05) is 13.2 Å². The van der Waals surface area contributed by atoms with Crippen LogP contribution in [0.25, 0.3) is 0 Å². The topological polar surface area (TPSA) is 78.9 Å². The standard InChI is InChI=1S/C71H120O6/c1-4-7-10-13-16-19-22-25-28-31-33-34-35-36-37-38-39-41-43-46-49-52-55-58-61-64-70(73)76-67-68(66-75-69(72)63-60-57-54-51-48-45-42-30-27-24-21-18-15-12-9-6-3)77-71(74)65-62-59-56-53-50-47-44-40-32-29-26-23-20-17-14-11-8-5-2/h7,10,16,19-20,23,25,28-30,32-34,36-37,39,41-42,68H,4-6,8-9,11-15,17-18,21-22,24,26-27,31,35,38,40,43-67H2,1-3H3/b10-7-,19-16-,23-20-,28-25-,32-29-,34-33-,37-36-,41-39-,42-30-. The first-order valence-corrected chi connectivity index (χ1v) is 32.4. The van der Waals surface area contributed by atoms with Crippen molar-refractivity contribution < 1.29 is 28.6 Å². The van der Waals surface area contributed by atoms with E-state index in [2.05, 4.69) is 130 Å². The number of hydrogen-bond donors (Lipinski definition) is 0. The van der Waals surface area contributed by atoms with E-state index in [0.717, 1.165) is 128 Å². The molecule has 0 radical (unpaired) electrons. The number of ether oxygens (including phenoxy) is 3. The van der Waals surface area contributed by atoms with Crippen molar-refractivity contribution in [2.45, 2.75) is 309 Å². The Kier molecular flexibility index (Phi) is 61.3. The molecule has 0 aliphatic rings. The summed E-state index contributed by atoms with van der Waals surface area (Å²) < 4.78 is 16.9. The van der Waals surface area contributed by atoms with Crippen molar-refractivity contribution in [2.24, 2.45) is 0 Å². The summed E-state index contributed by atoms with van der Waals surface area (Å²) in [4.78, 5) is 38.4. The zero-order valence-electron chi connectivity index (χ0n) is 50.4. The van der Waals surface area contributed by atoms with Crippen LogP contribution in [0.5, 0.6) is 0 Å². The van der Waals surface area contributed by atoms with Crippen LogP contribution in [-0.4, -0.2) is 37.2 Å². The Labute approximate surface area is 476 Å². The Morgan fingerprint density at radius 1 is 0.273 bits per heavy atom. The minimum Gasteiger partial charge on any atom is -0.462 e. The molecular formula is C71H120O6. The number of carbonyl (C=O) groups is 3. The maximum atomic E-state index is 12.9. The van der Waals surface area contributed by atoms with Gasteiger partial charge in [-0.2, -0.15) is 0 Å². The van der Waals surface area contributed by atoms with E-state index in [4.69, 9.17) is 14.2 Å². The smallest absolute Gasteiger partial charge is 0.306 e. The number of rotatable bonds is 58. The fourth-order valence-electron chi connectivity index (χ4n) is 8.88. The average molecular weight is 1070 g/mol. The molecule has 77 heavy (non-hydrogen) atoms. The summed E-state index contributed by atoms with van der Waals surface area (Å²) in [7, 11) is 0.